The minimum atomic E-state index is -3.63. The van der Waals surface area contributed by atoms with Crippen molar-refractivity contribution in [3.63, 3.8) is 0 Å². The van der Waals surface area contributed by atoms with E-state index in [0.717, 1.165) is 16.0 Å². The molecule has 0 bridgehead atoms. The van der Waals surface area contributed by atoms with E-state index in [4.69, 9.17) is 0 Å². The molecule has 0 saturated carbocycles. The van der Waals surface area contributed by atoms with E-state index in [2.05, 4.69) is 4.98 Å². The molecule has 3 aromatic rings. The zero-order valence-electron chi connectivity index (χ0n) is 11.2. The Bertz CT molecular complexity index is 931. The monoisotopic (exact) mass is 334 g/mol. The van der Waals surface area contributed by atoms with Gasteiger partial charge in [0, 0.05) is 12.1 Å². The third-order valence-electron chi connectivity index (χ3n) is 3.02. The molecule has 0 unspecified atom stereocenters. The number of sulfone groups is 1. The lowest BCUT2D eigenvalue weighted by Gasteiger charge is -2.01. The van der Waals surface area contributed by atoms with Crippen molar-refractivity contribution in [3.05, 3.63) is 64.2 Å². The van der Waals surface area contributed by atoms with Crippen LogP contribution in [-0.4, -0.2) is 18.3 Å². The molecule has 8 heteroatoms. The highest BCUT2D eigenvalue weighted by Crippen LogP contribution is 2.27. The van der Waals surface area contributed by atoms with E-state index >= 15 is 0 Å². The molecule has 112 valence electrons. The molecule has 2 aromatic carbocycles. The molecule has 3 rings (SSSR count). The van der Waals surface area contributed by atoms with Crippen LogP contribution < -0.4 is 0 Å². The summed E-state index contributed by atoms with van der Waals surface area (Å²) in [6.45, 7) is 0. The Balaban J connectivity index is 1.96. The quantitative estimate of drug-likeness (QED) is 0.540. The SMILES string of the molecule is O=[N+]([O-])c1cccc(CS(=O)(=O)c2nc3ccccc3s2)c1. The molecule has 0 spiro atoms. The summed E-state index contributed by atoms with van der Waals surface area (Å²) >= 11 is 1.10. The molecule has 0 aliphatic carbocycles. The van der Waals surface area contributed by atoms with Gasteiger partial charge < -0.3 is 0 Å². The summed E-state index contributed by atoms with van der Waals surface area (Å²) in [5, 5.41) is 10.8. The van der Waals surface area contributed by atoms with E-state index in [-0.39, 0.29) is 15.8 Å². The fourth-order valence-corrected chi connectivity index (χ4v) is 4.66. The average molecular weight is 334 g/mol. The molecule has 6 nitrogen and oxygen atoms in total. The smallest absolute Gasteiger partial charge is 0.258 e. The highest BCUT2D eigenvalue weighted by molar-refractivity contribution is 7.92. The van der Waals surface area contributed by atoms with Crippen LogP contribution in [0, 0.1) is 10.1 Å². The van der Waals surface area contributed by atoms with Gasteiger partial charge in [-0.15, -0.1) is 11.3 Å². The second-order valence-electron chi connectivity index (χ2n) is 4.63. The van der Waals surface area contributed by atoms with Gasteiger partial charge in [0.25, 0.3) is 5.69 Å². The summed E-state index contributed by atoms with van der Waals surface area (Å²) in [5.74, 6) is -0.311. The molecule has 0 aliphatic rings. The first-order valence-electron chi connectivity index (χ1n) is 6.27. The molecule has 1 heterocycles. The van der Waals surface area contributed by atoms with Gasteiger partial charge >= 0.3 is 0 Å². The normalized spacial score (nSPS) is 11.6. The van der Waals surface area contributed by atoms with Crippen LogP contribution in [0.15, 0.2) is 52.9 Å². The second kappa shape index (κ2) is 5.47. The molecule has 0 N–H and O–H groups in total. The first-order chi connectivity index (χ1) is 10.5. The maximum Gasteiger partial charge on any atom is 0.269 e. The van der Waals surface area contributed by atoms with Gasteiger partial charge in [-0.3, -0.25) is 10.1 Å². The lowest BCUT2D eigenvalue weighted by molar-refractivity contribution is -0.384. The highest BCUT2D eigenvalue weighted by atomic mass is 32.2. The van der Waals surface area contributed by atoms with Crippen molar-refractivity contribution < 1.29 is 13.3 Å². The van der Waals surface area contributed by atoms with Gasteiger partial charge in [-0.2, -0.15) is 0 Å². The van der Waals surface area contributed by atoms with E-state index < -0.39 is 14.8 Å². The lowest BCUT2D eigenvalue weighted by atomic mass is 10.2. The number of hydrogen-bond donors (Lipinski definition) is 0. The van der Waals surface area contributed by atoms with Crippen LogP contribution >= 0.6 is 11.3 Å². The van der Waals surface area contributed by atoms with E-state index in [1.807, 2.05) is 6.07 Å². The Morgan fingerprint density at radius 1 is 1.14 bits per heavy atom. The van der Waals surface area contributed by atoms with Crippen molar-refractivity contribution in [3.8, 4) is 0 Å². The number of fused-ring (bicyclic) bond motifs is 1. The number of aromatic nitrogens is 1. The molecular weight excluding hydrogens is 324 g/mol. The maximum absolute atomic E-state index is 12.4. The minimum Gasteiger partial charge on any atom is -0.258 e. The first kappa shape index (κ1) is 14.6. The molecule has 0 radical (unpaired) electrons. The van der Waals surface area contributed by atoms with Crippen LogP contribution in [-0.2, 0) is 15.6 Å². The molecular formula is C14H10N2O4S2. The molecule has 0 aliphatic heterocycles. The number of benzene rings is 2. The standard InChI is InChI=1S/C14H10N2O4S2/c17-16(18)11-5-3-4-10(8-11)9-22(19,20)14-15-12-6-1-2-7-13(12)21-14/h1-8H,9H2. The Kier molecular flexibility index (Phi) is 3.63. The van der Waals surface area contributed by atoms with Crippen LogP contribution in [0.25, 0.3) is 10.2 Å². The number of rotatable bonds is 4. The number of nitro benzene ring substituents is 1. The van der Waals surface area contributed by atoms with Gasteiger partial charge in [0.2, 0.25) is 14.2 Å². The molecule has 0 saturated heterocycles. The van der Waals surface area contributed by atoms with Gasteiger partial charge in [-0.1, -0.05) is 24.3 Å². The minimum absolute atomic E-state index is 0.0280. The molecule has 22 heavy (non-hydrogen) atoms. The fourth-order valence-electron chi connectivity index (χ4n) is 2.03. The number of non-ortho nitro benzene ring substituents is 1. The second-order valence-corrected chi connectivity index (χ2v) is 7.83. The highest BCUT2D eigenvalue weighted by Gasteiger charge is 2.21. The number of hydrogen-bond acceptors (Lipinski definition) is 6. The molecule has 0 fully saturated rings. The van der Waals surface area contributed by atoms with E-state index in [0.29, 0.717) is 11.1 Å². The summed E-state index contributed by atoms with van der Waals surface area (Å²) in [6.07, 6.45) is 0. The van der Waals surface area contributed by atoms with Crippen LogP contribution in [0.5, 0.6) is 0 Å². The van der Waals surface area contributed by atoms with E-state index in [1.165, 1.54) is 18.2 Å². The van der Waals surface area contributed by atoms with Crippen LogP contribution in [0.2, 0.25) is 0 Å². The van der Waals surface area contributed by atoms with Crippen molar-refractivity contribution in [2.24, 2.45) is 0 Å². The fraction of sp³-hybridized carbons (Fsp3) is 0.0714. The largest absolute Gasteiger partial charge is 0.269 e. The predicted molar refractivity (Wildman–Crippen MR) is 83.6 cm³/mol. The Labute approximate surface area is 130 Å². The van der Waals surface area contributed by atoms with Crippen molar-refractivity contribution in [2.45, 2.75) is 10.1 Å². The van der Waals surface area contributed by atoms with Crippen LogP contribution in [0.3, 0.4) is 0 Å². The summed E-state index contributed by atoms with van der Waals surface area (Å²) < 4.78 is 25.7. The number of nitrogens with zero attached hydrogens (tertiary/aromatic N) is 2. The van der Waals surface area contributed by atoms with E-state index in [1.54, 1.807) is 24.3 Å². The summed E-state index contributed by atoms with van der Waals surface area (Å²) in [6, 6.07) is 12.8. The Hall–Kier alpha value is -2.32. The van der Waals surface area contributed by atoms with Crippen molar-refractivity contribution in [1.82, 2.24) is 4.98 Å². The number of nitro groups is 1. The molecule has 1 aromatic heterocycles. The maximum atomic E-state index is 12.4. The van der Waals surface area contributed by atoms with Crippen molar-refractivity contribution >= 4 is 37.1 Å². The zero-order valence-corrected chi connectivity index (χ0v) is 12.8. The topological polar surface area (TPSA) is 90.2 Å². The zero-order chi connectivity index (χ0) is 15.7. The first-order valence-corrected chi connectivity index (χ1v) is 8.74. The molecule has 0 atom stereocenters. The van der Waals surface area contributed by atoms with Crippen molar-refractivity contribution in [2.75, 3.05) is 0 Å². The van der Waals surface area contributed by atoms with Crippen LogP contribution in [0.4, 0.5) is 5.69 Å². The van der Waals surface area contributed by atoms with Gasteiger partial charge in [-0.05, 0) is 17.7 Å². The van der Waals surface area contributed by atoms with Gasteiger partial charge in [-0.25, -0.2) is 13.4 Å². The van der Waals surface area contributed by atoms with Crippen molar-refractivity contribution in [1.29, 1.82) is 0 Å². The predicted octanol–water partition coefficient (Wildman–Crippen LogP) is 3.18. The summed E-state index contributed by atoms with van der Waals surface area (Å²) in [4.78, 5) is 14.3. The third-order valence-corrected chi connectivity index (χ3v) is 6.20. The van der Waals surface area contributed by atoms with Gasteiger partial charge in [0.15, 0.2) is 0 Å². The third kappa shape index (κ3) is 2.83. The number of thiazole rings is 1. The lowest BCUT2D eigenvalue weighted by Crippen LogP contribution is -2.04. The Morgan fingerprint density at radius 3 is 2.64 bits per heavy atom. The van der Waals surface area contributed by atoms with Gasteiger partial charge in [0.05, 0.1) is 20.9 Å². The number of para-hydroxylation sites is 1. The Morgan fingerprint density at radius 2 is 1.91 bits per heavy atom. The van der Waals surface area contributed by atoms with Gasteiger partial charge in [0.1, 0.15) is 0 Å². The average Bonchev–Trinajstić information content (AvgIpc) is 2.92. The van der Waals surface area contributed by atoms with Crippen LogP contribution in [0.1, 0.15) is 5.56 Å². The van der Waals surface area contributed by atoms with E-state index in [9.17, 15) is 18.5 Å². The summed E-state index contributed by atoms with van der Waals surface area (Å²) in [7, 11) is -3.63. The summed E-state index contributed by atoms with van der Waals surface area (Å²) in [5.41, 5.74) is 0.871. The molecule has 0 amide bonds.